The number of hydrogen-bond donors (Lipinski definition) is 1. The van der Waals surface area contributed by atoms with Gasteiger partial charge in [0.1, 0.15) is 6.07 Å². The van der Waals surface area contributed by atoms with E-state index in [1.807, 2.05) is 32.0 Å². The topological polar surface area (TPSA) is 65.9 Å². The molecule has 0 radical (unpaired) electrons. The second-order valence-electron chi connectivity index (χ2n) is 5.55. The Labute approximate surface area is 124 Å². The van der Waals surface area contributed by atoms with Crippen molar-refractivity contribution in [1.82, 2.24) is 4.98 Å². The zero-order valence-corrected chi connectivity index (χ0v) is 12.3. The third kappa shape index (κ3) is 2.43. The number of nitrogens with two attached hydrogens (primary N) is 1. The van der Waals surface area contributed by atoms with Crippen molar-refractivity contribution in [2.45, 2.75) is 26.8 Å². The van der Waals surface area contributed by atoms with E-state index in [0.717, 1.165) is 42.3 Å². The number of aromatic nitrogens is 1. The van der Waals surface area contributed by atoms with Crippen molar-refractivity contribution in [1.29, 1.82) is 5.26 Å². The third-order valence-electron chi connectivity index (χ3n) is 4.00. The Morgan fingerprint density at radius 2 is 2.05 bits per heavy atom. The summed E-state index contributed by atoms with van der Waals surface area (Å²) < 4.78 is 0. The number of pyridine rings is 1. The van der Waals surface area contributed by atoms with Crippen LogP contribution in [-0.4, -0.2) is 11.5 Å². The molecule has 106 valence electrons. The van der Waals surface area contributed by atoms with Crippen molar-refractivity contribution in [3.8, 4) is 6.07 Å². The molecule has 0 unspecified atom stereocenters. The minimum absolute atomic E-state index is 0.674. The molecule has 21 heavy (non-hydrogen) atoms. The number of aryl methyl sites for hydroxylation is 2. The van der Waals surface area contributed by atoms with Gasteiger partial charge in [0, 0.05) is 24.5 Å². The quantitative estimate of drug-likeness (QED) is 0.814. The lowest BCUT2D eigenvalue weighted by atomic mass is 9.98. The molecule has 0 aliphatic carbocycles. The molecule has 0 saturated carbocycles. The van der Waals surface area contributed by atoms with Crippen molar-refractivity contribution in [2.24, 2.45) is 0 Å². The summed E-state index contributed by atoms with van der Waals surface area (Å²) in [6.45, 7) is 5.56. The summed E-state index contributed by atoms with van der Waals surface area (Å²) in [5.41, 5.74) is 12.7. The van der Waals surface area contributed by atoms with Gasteiger partial charge in [-0.05, 0) is 49.6 Å². The number of nitrogens with zero attached hydrogens (tertiary/aromatic N) is 3. The maximum Gasteiger partial charge on any atom is 0.103 e. The molecule has 0 atom stereocenters. The molecule has 3 rings (SSSR count). The highest BCUT2D eigenvalue weighted by Gasteiger charge is 2.20. The van der Waals surface area contributed by atoms with Gasteiger partial charge in [-0.1, -0.05) is 6.07 Å². The second kappa shape index (κ2) is 5.10. The summed E-state index contributed by atoms with van der Waals surface area (Å²) in [6.07, 6.45) is 0.973. The summed E-state index contributed by atoms with van der Waals surface area (Å²) in [6, 6.07) is 10.4. The van der Waals surface area contributed by atoms with E-state index in [1.54, 1.807) is 0 Å². The van der Waals surface area contributed by atoms with Crippen LogP contribution in [-0.2, 0) is 13.0 Å². The lowest BCUT2D eigenvalue weighted by Crippen LogP contribution is -2.31. The van der Waals surface area contributed by atoms with Gasteiger partial charge < -0.3 is 10.6 Å². The molecule has 0 amide bonds. The molecule has 0 fully saturated rings. The number of rotatable bonds is 1. The van der Waals surface area contributed by atoms with Gasteiger partial charge in [0.25, 0.3) is 0 Å². The lowest BCUT2D eigenvalue weighted by molar-refractivity contribution is 0.729. The Kier molecular flexibility index (Phi) is 3.26. The minimum atomic E-state index is 0.674. The maximum atomic E-state index is 9.42. The molecule has 1 aromatic carbocycles. The van der Waals surface area contributed by atoms with E-state index in [2.05, 4.69) is 22.0 Å². The van der Waals surface area contributed by atoms with Gasteiger partial charge in [-0.2, -0.15) is 5.26 Å². The van der Waals surface area contributed by atoms with Crippen LogP contribution >= 0.6 is 0 Å². The van der Waals surface area contributed by atoms with Crippen LogP contribution < -0.4 is 10.6 Å². The minimum Gasteiger partial charge on any atom is -0.399 e. The summed E-state index contributed by atoms with van der Waals surface area (Å²) in [5.74, 6) is 0. The van der Waals surface area contributed by atoms with Crippen molar-refractivity contribution in [2.75, 3.05) is 17.2 Å². The number of anilines is 2. The molecule has 0 bridgehead atoms. The monoisotopic (exact) mass is 278 g/mol. The van der Waals surface area contributed by atoms with Crippen LogP contribution in [0.5, 0.6) is 0 Å². The van der Waals surface area contributed by atoms with Crippen LogP contribution in [0.2, 0.25) is 0 Å². The SMILES string of the molecule is Cc1cc(N2CCc3ccc(N)cc3C2)c(C#N)c(C)n1. The second-order valence-corrected chi connectivity index (χ2v) is 5.55. The fraction of sp³-hybridized carbons (Fsp3) is 0.294. The van der Waals surface area contributed by atoms with Crippen LogP contribution in [0, 0.1) is 25.2 Å². The highest BCUT2D eigenvalue weighted by Crippen LogP contribution is 2.29. The van der Waals surface area contributed by atoms with Crippen LogP contribution in [0.25, 0.3) is 0 Å². The van der Waals surface area contributed by atoms with Crippen molar-refractivity contribution < 1.29 is 0 Å². The molecular formula is C17H18N4. The van der Waals surface area contributed by atoms with E-state index in [4.69, 9.17) is 5.73 Å². The fourth-order valence-corrected chi connectivity index (χ4v) is 2.98. The summed E-state index contributed by atoms with van der Waals surface area (Å²) >= 11 is 0. The summed E-state index contributed by atoms with van der Waals surface area (Å²) in [7, 11) is 0. The van der Waals surface area contributed by atoms with Gasteiger partial charge in [0.2, 0.25) is 0 Å². The maximum absolute atomic E-state index is 9.42. The predicted octanol–water partition coefficient (Wildman–Crippen LogP) is 2.72. The van der Waals surface area contributed by atoms with E-state index in [-0.39, 0.29) is 0 Å². The van der Waals surface area contributed by atoms with Crippen LogP contribution in [0.1, 0.15) is 28.1 Å². The van der Waals surface area contributed by atoms with Gasteiger partial charge >= 0.3 is 0 Å². The first kappa shape index (κ1) is 13.4. The Morgan fingerprint density at radius 3 is 2.81 bits per heavy atom. The van der Waals surface area contributed by atoms with Crippen molar-refractivity contribution >= 4 is 11.4 Å². The van der Waals surface area contributed by atoms with E-state index in [9.17, 15) is 5.26 Å². The Hall–Kier alpha value is -2.54. The standard InChI is InChI=1S/C17H18N4/c1-11-7-17(16(9-18)12(2)20-11)21-6-5-13-3-4-15(19)8-14(13)10-21/h3-4,7-8H,5-6,10,19H2,1-2H3. The molecule has 1 aliphatic heterocycles. The molecule has 4 nitrogen and oxygen atoms in total. The molecule has 2 N–H and O–H groups in total. The smallest absolute Gasteiger partial charge is 0.103 e. The van der Waals surface area contributed by atoms with E-state index in [0.29, 0.717) is 5.56 Å². The number of hydrogen-bond acceptors (Lipinski definition) is 4. The zero-order valence-electron chi connectivity index (χ0n) is 12.3. The molecule has 4 heteroatoms. The number of nitrogen functional groups attached to an aromatic ring is 1. The summed E-state index contributed by atoms with van der Waals surface area (Å²) in [4.78, 5) is 6.64. The van der Waals surface area contributed by atoms with Crippen molar-refractivity contribution in [3.05, 3.63) is 52.3 Å². The first-order valence-electron chi connectivity index (χ1n) is 7.09. The van der Waals surface area contributed by atoms with E-state index < -0.39 is 0 Å². The fourth-order valence-electron chi connectivity index (χ4n) is 2.98. The van der Waals surface area contributed by atoms with Crippen LogP contribution in [0.4, 0.5) is 11.4 Å². The van der Waals surface area contributed by atoms with Gasteiger partial charge in [-0.25, -0.2) is 0 Å². The molecule has 1 aliphatic rings. The average molecular weight is 278 g/mol. The average Bonchev–Trinajstić information content (AvgIpc) is 2.45. The molecule has 1 aromatic heterocycles. The van der Waals surface area contributed by atoms with Gasteiger partial charge in [0.05, 0.1) is 16.9 Å². The first-order chi connectivity index (χ1) is 10.1. The van der Waals surface area contributed by atoms with Crippen molar-refractivity contribution in [3.63, 3.8) is 0 Å². The molecule has 2 aromatic rings. The third-order valence-corrected chi connectivity index (χ3v) is 4.00. The molecule has 0 spiro atoms. The molecule has 2 heterocycles. The Morgan fingerprint density at radius 1 is 1.24 bits per heavy atom. The van der Waals surface area contributed by atoms with Gasteiger partial charge in [-0.15, -0.1) is 0 Å². The predicted molar refractivity (Wildman–Crippen MR) is 84.0 cm³/mol. The van der Waals surface area contributed by atoms with Crippen LogP contribution in [0.15, 0.2) is 24.3 Å². The normalized spacial score (nSPS) is 13.7. The van der Waals surface area contributed by atoms with Gasteiger partial charge in [-0.3, -0.25) is 4.98 Å². The van der Waals surface area contributed by atoms with Gasteiger partial charge in [0.15, 0.2) is 0 Å². The molecule has 0 saturated heterocycles. The van der Waals surface area contributed by atoms with Crippen LogP contribution in [0.3, 0.4) is 0 Å². The Bertz CT molecular complexity index is 743. The number of benzene rings is 1. The summed E-state index contributed by atoms with van der Waals surface area (Å²) in [5, 5.41) is 9.42. The number of fused-ring (bicyclic) bond motifs is 1. The van der Waals surface area contributed by atoms with E-state index in [1.165, 1.54) is 11.1 Å². The molecular weight excluding hydrogens is 260 g/mol. The first-order valence-corrected chi connectivity index (χ1v) is 7.09. The van der Waals surface area contributed by atoms with E-state index >= 15 is 0 Å². The number of nitriles is 1. The highest BCUT2D eigenvalue weighted by atomic mass is 15.1. The lowest BCUT2D eigenvalue weighted by Gasteiger charge is -2.32. The zero-order chi connectivity index (χ0) is 15.0. The largest absolute Gasteiger partial charge is 0.399 e. The Balaban J connectivity index is 2.02. The highest BCUT2D eigenvalue weighted by molar-refractivity contribution is 5.63.